The molecule has 5 heteroatoms. The van der Waals surface area contributed by atoms with E-state index in [2.05, 4.69) is 31.4 Å². The molecule has 1 aliphatic heterocycles. The van der Waals surface area contributed by atoms with Gasteiger partial charge in [-0.25, -0.2) is 0 Å². The molecule has 1 heterocycles. The molecule has 1 saturated heterocycles. The average molecular weight is 279 g/mol. The molecule has 0 aromatic heterocycles. The van der Waals surface area contributed by atoms with E-state index in [9.17, 15) is 4.79 Å². The van der Waals surface area contributed by atoms with Crippen molar-refractivity contribution in [2.24, 2.45) is 5.41 Å². The number of hydrogen-bond acceptors (Lipinski definition) is 3. The van der Waals surface area contributed by atoms with Crippen LogP contribution in [-0.2, 0) is 9.53 Å². The molecule has 0 aliphatic carbocycles. The lowest BCUT2D eigenvalue weighted by Gasteiger charge is -2.32. The fourth-order valence-corrected chi connectivity index (χ4v) is 2.26. The van der Waals surface area contributed by atoms with Gasteiger partial charge >= 0.3 is 0 Å². The predicted molar refractivity (Wildman–Crippen MR) is 76.2 cm³/mol. The van der Waals surface area contributed by atoms with Crippen molar-refractivity contribution in [2.45, 2.75) is 46.1 Å². The van der Waals surface area contributed by atoms with E-state index in [4.69, 9.17) is 4.74 Å². The SMILES string of the molecule is CCC(CC)(CC)CNC(=O)C1COCCN1.Cl. The van der Waals surface area contributed by atoms with Gasteiger partial charge in [0.1, 0.15) is 6.04 Å². The number of amides is 1. The second-order valence-electron chi connectivity index (χ2n) is 4.86. The highest BCUT2D eigenvalue weighted by Gasteiger charge is 2.27. The summed E-state index contributed by atoms with van der Waals surface area (Å²) in [6, 6.07) is -0.174. The highest BCUT2D eigenvalue weighted by molar-refractivity contribution is 5.85. The zero-order chi connectivity index (χ0) is 12.7. The summed E-state index contributed by atoms with van der Waals surface area (Å²) in [4.78, 5) is 11.9. The Kier molecular flexibility index (Phi) is 8.57. The normalized spacial score (nSPS) is 20.1. The quantitative estimate of drug-likeness (QED) is 0.778. The summed E-state index contributed by atoms with van der Waals surface area (Å²) < 4.78 is 5.29. The Morgan fingerprint density at radius 1 is 1.33 bits per heavy atom. The van der Waals surface area contributed by atoms with Crippen molar-refractivity contribution < 1.29 is 9.53 Å². The van der Waals surface area contributed by atoms with E-state index < -0.39 is 0 Å². The Morgan fingerprint density at radius 3 is 2.39 bits per heavy atom. The molecular weight excluding hydrogens is 252 g/mol. The topological polar surface area (TPSA) is 50.4 Å². The van der Waals surface area contributed by atoms with E-state index in [1.54, 1.807) is 0 Å². The van der Waals surface area contributed by atoms with E-state index in [-0.39, 0.29) is 29.8 Å². The molecule has 18 heavy (non-hydrogen) atoms. The number of hydrogen-bond donors (Lipinski definition) is 2. The molecule has 0 radical (unpaired) electrons. The third kappa shape index (κ3) is 4.75. The van der Waals surface area contributed by atoms with E-state index >= 15 is 0 Å². The lowest BCUT2D eigenvalue weighted by atomic mass is 9.80. The van der Waals surface area contributed by atoms with E-state index in [1.165, 1.54) is 0 Å². The number of morpholine rings is 1. The van der Waals surface area contributed by atoms with Gasteiger partial charge in [-0.1, -0.05) is 20.8 Å². The van der Waals surface area contributed by atoms with Gasteiger partial charge in [0.2, 0.25) is 5.91 Å². The maximum absolute atomic E-state index is 11.9. The number of ether oxygens (including phenoxy) is 1. The first-order valence-corrected chi connectivity index (χ1v) is 6.76. The van der Waals surface area contributed by atoms with Gasteiger partial charge in [-0.15, -0.1) is 12.4 Å². The lowest BCUT2D eigenvalue weighted by Crippen LogP contribution is -2.52. The monoisotopic (exact) mass is 278 g/mol. The van der Waals surface area contributed by atoms with Crippen LogP contribution in [0.4, 0.5) is 0 Å². The standard InChI is InChI=1S/C13H26N2O2.ClH/c1-4-13(5-2,6-3)10-15-12(16)11-9-17-8-7-14-11;/h11,14H,4-10H2,1-3H3,(H,15,16);1H. The molecule has 1 atom stereocenters. The van der Waals surface area contributed by atoms with Crippen LogP contribution in [0.5, 0.6) is 0 Å². The molecular formula is C13H27ClN2O2. The lowest BCUT2D eigenvalue weighted by molar-refractivity contribution is -0.126. The molecule has 0 saturated carbocycles. The fourth-order valence-electron chi connectivity index (χ4n) is 2.26. The van der Waals surface area contributed by atoms with Crippen molar-refractivity contribution in [1.82, 2.24) is 10.6 Å². The van der Waals surface area contributed by atoms with Crippen LogP contribution in [0, 0.1) is 5.41 Å². The van der Waals surface area contributed by atoms with Gasteiger partial charge < -0.3 is 15.4 Å². The Bertz CT molecular complexity index is 231. The summed E-state index contributed by atoms with van der Waals surface area (Å²) in [6.45, 7) is 9.31. The van der Waals surface area contributed by atoms with E-state index in [0.717, 1.165) is 32.4 Å². The van der Waals surface area contributed by atoms with E-state index in [0.29, 0.717) is 13.2 Å². The Labute approximate surface area is 117 Å². The number of carbonyl (C=O) groups excluding carboxylic acids is 1. The summed E-state index contributed by atoms with van der Waals surface area (Å²) in [5, 5.41) is 6.24. The Hall–Kier alpha value is -0.320. The number of nitrogens with one attached hydrogen (secondary N) is 2. The van der Waals surface area contributed by atoms with Gasteiger partial charge in [0, 0.05) is 13.1 Å². The smallest absolute Gasteiger partial charge is 0.239 e. The first-order chi connectivity index (χ1) is 8.17. The van der Waals surface area contributed by atoms with Crippen LogP contribution in [0.25, 0.3) is 0 Å². The van der Waals surface area contributed by atoms with Crippen molar-refractivity contribution in [3.8, 4) is 0 Å². The summed E-state index contributed by atoms with van der Waals surface area (Å²) in [7, 11) is 0. The molecule has 1 unspecified atom stereocenters. The predicted octanol–water partition coefficient (Wildman–Crippen LogP) is 1.73. The van der Waals surface area contributed by atoms with Gasteiger partial charge in [0.15, 0.2) is 0 Å². The number of halogens is 1. The minimum atomic E-state index is -0.174. The molecule has 0 spiro atoms. The van der Waals surface area contributed by atoms with Crippen molar-refractivity contribution in [3.63, 3.8) is 0 Å². The van der Waals surface area contributed by atoms with Gasteiger partial charge in [-0.2, -0.15) is 0 Å². The van der Waals surface area contributed by atoms with Crippen LogP contribution in [0.1, 0.15) is 40.0 Å². The van der Waals surface area contributed by atoms with Crippen LogP contribution >= 0.6 is 12.4 Å². The molecule has 0 aromatic rings. The summed E-state index contributed by atoms with van der Waals surface area (Å²) in [5.74, 6) is 0.0735. The maximum Gasteiger partial charge on any atom is 0.239 e. The van der Waals surface area contributed by atoms with Crippen molar-refractivity contribution in [2.75, 3.05) is 26.3 Å². The van der Waals surface area contributed by atoms with Gasteiger partial charge in [-0.05, 0) is 24.7 Å². The second-order valence-corrected chi connectivity index (χ2v) is 4.86. The molecule has 1 rings (SSSR count). The highest BCUT2D eigenvalue weighted by Crippen LogP contribution is 2.29. The molecule has 1 aliphatic rings. The molecule has 1 amide bonds. The average Bonchev–Trinajstić information content (AvgIpc) is 2.41. The van der Waals surface area contributed by atoms with E-state index in [1.807, 2.05) is 0 Å². The minimum absolute atomic E-state index is 0. The first kappa shape index (κ1) is 17.7. The number of rotatable bonds is 6. The zero-order valence-corrected chi connectivity index (χ0v) is 12.6. The molecule has 1 fully saturated rings. The molecule has 4 nitrogen and oxygen atoms in total. The zero-order valence-electron chi connectivity index (χ0n) is 11.8. The van der Waals surface area contributed by atoms with Crippen molar-refractivity contribution in [1.29, 1.82) is 0 Å². The van der Waals surface area contributed by atoms with Crippen LogP contribution < -0.4 is 10.6 Å². The van der Waals surface area contributed by atoms with Crippen molar-refractivity contribution in [3.05, 3.63) is 0 Å². The van der Waals surface area contributed by atoms with Crippen LogP contribution in [0.3, 0.4) is 0 Å². The van der Waals surface area contributed by atoms with Gasteiger partial charge in [-0.3, -0.25) is 4.79 Å². The minimum Gasteiger partial charge on any atom is -0.378 e. The molecule has 0 aromatic carbocycles. The number of carbonyl (C=O) groups is 1. The summed E-state index contributed by atoms with van der Waals surface area (Å²) in [5.41, 5.74) is 0.255. The molecule has 108 valence electrons. The van der Waals surface area contributed by atoms with Crippen molar-refractivity contribution >= 4 is 18.3 Å². The van der Waals surface area contributed by atoms with Crippen LogP contribution in [0.2, 0.25) is 0 Å². The van der Waals surface area contributed by atoms with Crippen LogP contribution in [-0.4, -0.2) is 38.3 Å². The molecule has 2 N–H and O–H groups in total. The summed E-state index contributed by atoms with van der Waals surface area (Å²) in [6.07, 6.45) is 3.32. The highest BCUT2D eigenvalue weighted by atomic mass is 35.5. The third-order valence-electron chi connectivity index (χ3n) is 4.13. The largest absolute Gasteiger partial charge is 0.378 e. The second kappa shape index (κ2) is 8.73. The maximum atomic E-state index is 11.9. The summed E-state index contributed by atoms with van der Waals surface area (Å²) >= 11 is 0. The molecule has 0 bridgehead atoms. The van der Waals surface area contributed by atoms with Crippen LogP contribution in [0.15, 0.2) is 0 Å². The van der Waals surface area contributed by atoms with Gasteiger partial charge in [0.25, 0.3) is 0 Å². The first-order valence-electron chi connectivity index (χ1n) is 6.76. The fraction of sp³-hybridized carbons (Fsp3) is 0.923. The Balaban J connectivity index is 0.00000289. The third-order valence-corrected chi connectivity index (χ3v) is 4.13. The Morgan fingerprint density at radius 2 is 1.94 bits per heavy atom. The van der Waals surface area contributed by atoms with Gasteiger partial charge in [0.05, 0.1) is 13.2 Å².